The maximum absolute atomic E-state index is 4.73. The van der Waals surface area contributed by atoms with E-state index in [0.29, 0.717) is 5.95 Å². The molecule has 3 aromatic rings. The number of aryl methyl sites for hydroxylation is 2. The third-order valence-electron chi connectivity index (χ3n) is 5.47. The quantitative estimate of drug-likeness (QED) is 0.731. The molecule has 1 fully saturated rings. The Hall–Kier alpha value is -3.08. The molecule has 1 saturated heterocycles. The first-order valence-electron chi connectivity index (χ1n) is 9.83. The summed E-state index contributed by atoms with van der Waals surface area (Å²) in [7, 11) is 0. The first kappa shape index (κ1) is 18.3. The summed E-state index contributed by atoms with van der Waals surface area (Å²) in [6.45, 7) is 10.4. The fourth-order valence-electron chi connectivity index (χ4n) is 3.61. The molecule has 1 aromatic heterocycles. The van der Waals surface area contributed by atoms with Crippen molar-refractivity contribution in [3.63, 3.8) is 0 Å². The predicted octanol–water partition coefficient (Wildman–Crippen LogP) is 4.47. The maximum Gasteiger partial charge on any atom is 0.229 e. The van der Waals surface area contributed by atoms with E-state index in [1.807, 2.05) is 24.4 Å². The monoisotopic (exact) mass is 373 g/mol. The standard InChI is InChI=1S/C23H27N5/c1-17-7-9-20(10-8-17)25-23-24-12-11-22(26-23)28-15-13-27(14-16-28)21-6-4-5-18(2)19(21)3/h4-12H,13-16H2,1-3H3,(H,24,25,26). The normalized spacial score (nSPS) is 14.2. The Balaban J connectivity index is 1.43. The number of anilines is 4. The Morgan fingerprint density at radius 1 is 0.821 bits per heavy atom. The summed E-state index contributed by atoms with van der Waals surface area (Å²) in [5.74, 6) is 1.61. The van der Waals surface area contributed by atoms with Crippen LogP contribution < -0.4 is 15.1 Å². The summed E-state index contributed by atoms with van der Waals surface area (Å²) >= 11 is 0. The lowest BCUT2D eigenvalue weighted by atomic mass is 10.1. The fraction of sp³-hybridized carbons (Fsp3) is 0.304. The van der Waals surface area contributed by atoms with Crippen LogP contribution in [0.25, 0.3) is 0 Å². The molecular formula is C23H27N5. The summed E-state index contributed by atoms with van der Waals surface area (Å²) in [6.07, 6.45) is 1.83. The summed E-state index contributed by atoms with van der Waals surface area (Å²) < 4.78 is 0. The van der Waals surface area contributed by atoms with Gasteiger partial charge in [0, 0.05) is 43.8 Å². The van der Waals surface area contributed by atoms with E-state index in [2.05, 4.69) is 71.2 Å². The molecule has 0 bridgehead atoms. The maximum atomic E-state index is 4.73. The number of benzene rings is 2. The molecule has 1 N–H and O–H groups in total. The van der Waals surface area contributed by atoms with Crippen molar-refractivity contribution in [2.75, 3.05) is 41.3 Å². The van der Waals surface area contributed by atoms with Gasteiger partial charge < -0.3 is 15.1 Å². The number of rotatable bonds is 4. The highest BCUT2D eigenvalue weighted by molar-refractivity contribution is 5.58. The number of nitrogens with one attached hydrogen (secondary N) is 1. The van der Waals surface area contributed by atoms with Crippen LogP contribution in [-0.2, 0) is 0 Å². The minimum Gasteiger partial charge on any atom is -0.368 e. The van der Waals surface area contributed by atoms with Crippen molar-refractivity contribution < 1.29 is 0 Å². The molecule has 0 spiro atoms. The van der Waals surface area contributed by atoms with Gasteiger partial charge >= 0.3 is 0 Å². The minimum absolute atomic E-state index is 0.637. The Labute approximate surface area is 167 Å². The van der Waals surface area contributed by atoms with Gasteiger partial charge in [-0.25, -0.2) is 4.98 Å². The van der Waals surface area contributed by atoms with Gasteiger partial charge in [-0.3, -0.25) is 0 Å². The van der Waals surface area contributed by atoms with Gasteiger partial charge in [0.15, 0.2) is 0 Å². The molecule has 4 rings (SSSR count). The van der Waals surface area contributed by atoms with E-state index in [0.717, 1.165) is 37.7 Å². The van der Waals surface area contributed by atoms with Crippen LogP contribution in [0.1, 0.15) is 16.7 Å². The van der Waals surface area contributed by atoms with Crippen LogP contribution in [0.15, 0.2) is 54.7 Å². The van der Waals surface area contributed by atoms with E-state index >= 15 is 0 Å². The molecule has 144 valence electrons. The second kappa shape index (κ2) is 7.89. The van der Waals surface area contributed by atoms with E-state index in [9.17, 15) is 0 Å². The average Bonchev–Trinajstić information content (AvgIpc) is 2.72. The summed E-state index contributed by atoms with van der Waals surface area (Å²) in [5, 5.41) is 3.30. The number of hydrogen-bond donors (Lipinski definition) is 1. The highest BCUT2D eigenvalue weighted by Gasteiger charge is 2.20. The zero-order valence-electron chi connectivity index (χ0n) is 16.8. The van der Waals surface area contributed by atoms with Crippen LogP contribution in [0.4, 0.5) is 23.1 Å². The zero-order chi connectivity index (χ0) is 19.5. The molecule has 2 heterocycles. The van der Waals surface area contributed by atoms with Crippen LogP contribution in [-0.4, -0.2) is 36.1 Å². The van der Waals surface area contributed by atoms with Gasteiger partial charge in [-0.05, 0) is 56.2 Å². The van der Waals surface area contributed by atoms with Crippen LogP contribution in [0.3, 0.4) is 0 Å². The number of piperazine rings is 1. The Kier molecular flexibility index (Phi) is 5.15. The molecule has 0 amide bonds. The third-order valence-corrected chi connectivity index (χ3v) is 5.47. The SMILES string of the molecule is Cc1ccc(Nc2nccc(N3CCN(c4cccc(C)c4C)CC3)n2)cc1. The topological polar surface area (TPSA) is 44.3 Å². The molecule has 0 radical (unpaired) electrons. The van der Waals surface area contributed by atoms with Gasteiger partial charge in [0.05, 0.1) is 0 Å². The van der Waals surface area contributed by atoms with Gasteiger partial charge in [-0.2, -0.15) is 4.98 Å². The Morgan fingerprint density at radius 2 is 1.54 bits per heavy atom. The Bertz CT molecular complexity index is 943. The first-order chi connectivity index (χ1) is 13.6. The first-order valence-corrected chi connectivity index (χ1v) is 9.83. The molecule has 2 aromatic carbocycles. The van der Waals surface area contributed by atoms with Crippen molar-refractivity contribution in [2.45, 2.75) is 20.8 Å². The number of nitrogens with zero attached hydrogens (tertiary/aromatic N) is 4. The van der Waals surface area contributed by atoms with Gasteiger partial charge in [0.2, 0.25) is 5.95 Å². The average molecular weight is 374 g/mol. The molecule has 28 heavy (non-hydrogen) atoms. The molecule has 0 saturated carbocycles. The second-order valence-corrected chi connectivity index (χ2v) is 7.42. The van der Waals surface area contributed by atoms with Crippen molar-refractivity contribution in [2.24, 2.45) is 0 Å². The minimum atomic E-state index is 0.637. The molecular weight excluding hydrogens is 346 g/mol. The van der Waals surface area contributed by atoms with Gasteiger partial charge in [0.1, 0.15) is 5.82 Å². The van der Waals surface area contributed by atoms with Crippen LogP contribution in [0, 0.1) is 20.8 Å². The molecule has 0 aliphatic carbocycles. The van der Waals surface area contributed by atoms with Crippen LogP contribution in [0.5, 0.6) is 0 Å². The van der Waals surface area contributed by atoms with Crippen molar-refractivity contribution in [3.8, 4) is 0 Å². The largest absolute Gasteiger partial charge is 0.368 e. The summed E-state index contributed by atoms with van der Waals surface area (Å²) in [4.78, 5) is 13.9. The molecule has 1 aliphatic rings. The highest BCUT2D eigenvalue weighted by Crippen LogP contribution is 2.25. The van der Waals surface area contributed by atoms with Crippen molar-refractivity contribution >= 4 is 23.1 Å². The van der Waals surface area contributed by atoms with Crippen LogP contribution in [0.2, 0.25) is 0 Å². The molecule has 0 unspecified atom stereocenters. The van der Waals surface area contributed by atoms with E-state index in [1.54, 1.807) is 0 Å². The van der Waals surface area contributed by atoms with Crippen LogP contribution >= 0.6 is 0 Å². The lowest BCUT2D eigenvalue weighted by molar-refractivity contribution is 0.646. The zero-order valence-corrected chi connectivity index (χ0v) is 16.8. The third kappa shape index (κ3) is 3.93. The van der Waals surface area contributed by atoms with E-state index in [4.69, 9.17) is 4.98 Å². The highest BCUT2D eigenvalue weighted by atomic mass is 15.3. The van der Waals surface area contributed by atoms with Gasteiger partial charge in [0.25, 0.3) is 0 Å². The molecule has 5 heteroatoms. The predicted molar refractivity (Wildman–Crippen MR) is 117 cm³/mol. The molecule has 1 aliphatic heterocycles. The van der Waals surface area contributed by atoms with Gasteiger partial charge in [-0.1, -0.05) is 29.8 Å². The number of hydrogen-bond acceptors (Lipinski definition) is 5. The second-order valence-electron chi connectivity index (χ2n) is 7.42. The van der Waals surface area contributed by atoms with E-state index in [1.165, 1.54) is 22.4 Å². The van der Waals surface area contributed by atoms with Crippen molar-refractivity contribution in [1.82, 2.24) is 9.97 Å². The lowest BCUT2D eigenvalue weighted by Gasteiger charge is -2.37. The van der Waals surface area contributed by atoms with Crippen molar-refractivity contribution in [1.29, 1.82) is 0 Å². The lowest BCUT2D eigenvalue weighted by Crippen LogP contribution is -2.47. The number of aromatic nitrogens is 2. The molecule has 0 atom stereocenters. The molecule has 5 nitrogen and oxygen atoms in total. The fourth-order valence-corrected chi connectivity index (χ4v) is 3.61. The van der Waals surface area contributed by atoms with Gasteiger partial charge in [-0.15, -0.1) is 0 Å². The smallest absolute Gasteiger partial charge is 0.229 e. The Morgan fingerprint density at radius 3 is 2.29 bits per heavy atom. The summed E-state index contributed by atoms with van der Waals surface area (Å²) in [5.41, 5.74) is 6.32. The van der Waals surface area contributed by atoms with Crippen molar-refractivity contribution in [3.05, 3.63) is 71.4 Å². The van der Waals surface area contributed by atoms with E-state index in [-0.39, 0.29) is 0 Å². The van der Waals surface area contributed by atoms with E-state index < -0.39 is 0 Å². The summed E-state index contributed by atoms with van der Waals surface area (Å²) in [6, 6.07) is 16.8.